The summed E-state index contributed by atoms with van der Waals surface area (Å²) < 4.78 is 12.5. The van der Waals surface area contributed by atoms with Crippen molar-refractivity contribution in [2.45, 2.75) is 39.2 Å². The highest BCUT2D eigenvalue weighted by molar-refractivity contribution is 6.07. The molecule has 26 heavy (non-hydrogen) atoms. The molecule has 0 saturated heterocycles. The maximum absolute atomic E-state index is 13.0. The van der Waals surface area contributed by atoms with Crippen LogP contribution in [0.5, 0.6) is 11.5 Å². The fourth-order valence-corrected chi connectivity index (χ4v) is 3.32. The Morgan fingerprint density at radius 1 is 1.19 bits per heavy atom. The van der Waals surface area contributed by atoms with Crippen LogP contribution in [0.25, 0.3) is 0 Å². The van der Waals surface area contributed by atoms with Gasteiger partial charge < -0.3 is 19.4 Å². The normalized spacial score (nSPS) is 13.5. The van der Waals surface area contributed by atoms with Gasteiger partial charge in [0.2, 0.25) is 0 Å². The predicted molar refractivity (Wildman–Crippen MR) is 100 cm³/mol. The van der Waals surface area contributed by atoms with Crippen LogP contribution in [0.1, 0.15) is 42.2 Å². The summed E-state index contributed by atoms with van der Waals surface area (Å²) in [5.74, 6) is 0.812. The number of fused-ring (bicyclic) bond motifs is 1. The lowest BCUT2D eigenvalue weighted by Gasteiger charge is -2.17. The molecule has 0 spiro atoms. The first-order valence-corrected chi connectivity index (χ1v) is 8.99. The topological polar surface area (TPSA) is 69.6 Å². The average Bonchev–Trinajstić information content (AvgIpc) is 2.89. The number of methoxy groups -OCH3 is 1. The molecule has 0 bridgehead atoms. The second-order valence-electron chi connectivity index (χ2n) is 6.25. The van der Waals surface area contributed by atoms with E-state index in [0.29, 0.717) is 36.6 Å². The highest BCUT2D eigenvalue weighted by Gasteiger charge is 2.23. The predicted octanol–water partition coefficient (Wildman–Crippen LogP) is 3.23. The van der Waals surface area contributed by atoms with E-state index in [4.69, 9.17) is 9.47 Å². The highest BCUT2D eigenvalue weighted by Crippen LogP contribution is 2.26. The number of rotatable bonds is 5. The Morgan fingerprint density at radius 2 is 1.96 bits per heavy atom. The van der Waals surface area contributed by atoms with Gasteiger partial charge in [-0.05, 0) is 50.5 Å². The molecule has 2 heterocycles. The second-order valence-corrected chi connectivity index (χ2v) is 6.25. The van der Waals surface area contributed by atoms with Crippen molar-refractivity contribution in [2.24, 2.45) is 0 Å². The van der Waals surface area contributed by atoms with Crippen molar-refractivity contribution in [3.8, 4) is 11.5 Å². The van der Waals surface area contributed by atoms with E-state index in [9.17, 15) is 9.59 Å². The number of nitrogens with one attached hydrogen (secondary N) is 1. The number of hydrogen-bond acceptors (Lipinski definition) is 4. The Balaban J connectivity index is 1.94. The number of anilines is 1. The highest BCUT2D eigenvalue weighted by atomic mass is 16.5. The van der Waals surface area contributed by atoms with Crippen LogP contribution in [0.2, 0.25) is 0 Å². The van der Waals surface area contributed by atoms with E-state index in [2.05, 4.69) is 5.32 Å². The van der Waals surface area contributed by atoms with Crippen molar-refractivity contribution in [1.29, 1.82) is 0 Å². The summed E-state index contributed by atoms with van der Waals surface area (Å²) in [5.41, 5.74) is 1.76. The summed E-state index contributed by atoms with van der Waals surface area (Å²) in [4.78, 5) is 25.3. The van der Waals surface area contributed by atoms with Gasteiger partial charge in [-0.25, -0.2) is 0 Å². The molecule has 3 rings (SSSR count). The fraction of sp³-hybridized carbons (Fsp3) is 0.400. The molecule has 1 N–H and O–H groups in total. The molecular weight excluding hydrogens is 332 g/mol. The molecule has 6 heteroatoms. The standard InChI is InChI=1S/C20H24N2O4/c1-3-26-15-10-8-14(9-11-15)21-20(24)19-16-7-5-4-6-12-22(16)18(23)13-17(19)25-2/h8-11,13H,3-7,12H2,1-2H3,(H,21,24). The molecule has 0 aliphatic carbocycles. The lowest BCUT2D eigenvalue weighted by atomic mass is 10.1. The first-order chi connectivity index (χ1) is 12.6. The third kappa shape index (κ3) is 3.74. The number of amides is 1. The van der Waals surface area contributed by atoms with Gasteiger partial charge in [-0.15, -0.1) is 0 Å². The van der Waals surface area contributed by atoms with Crippen molar-refractivity contribution in [2.75, 3.05) is 19.0 Å². The summed E-state index contributed by atoms with van der Waals surface area (Å²) in [6.45, 7) is 3.15. The van der Waals surface area contributed by atoms with E-state index in [1.54, 1.807) is 16.7 Å². The third-order valence-electron chi connectivity index (χ3n) is 4.55. The van der Waals surface area contributed by atoms with Crippen LogP contribution < -0.4 is 20.3 Å². The van der Waals surface area contributed by atoms with Crippen LogP contribution in [0.4, 0.5) is 5.69 Å². The number of pyridine rings is 1. The lowest BCUT2D eigenvalue weighted by Crippen LogP contribution is -2.27. The quantitative estimate of drug-likeness (QED) is 0.893. The maximum Gasteiger partial charge on any atom is 0.261 e. The first-order valence-electron chi connectivity index (χ1n) is 8.99. The molecule has 1 aliphatic heterocycles. The molecule has 1 aromatic carbocycles. The maximum atomic E-state index is 13.0. The van der Waals surface area contributed by atoms with E-state index in [1.165, 1.54) is 13.2 Å². The van der Waals surface area contributed by atoms with Gasteiger partial charge in [0.05, 0.1) is 13.7 Å². The number of ether oxygens (including phenoxy) is 2. The summed E-state index contributed by atoms with van der Waals surface area (Å²) in [5, 5.41) is 2.90. The zero-order valence-electron chi connectivity index (χ0n) is 15.2. The van der Waals surface area contributed by atoms with E-state index in [1.807, 2.05) is 19.1 Å². The molecule has 1 aromatic heterocycles. The summed E-state index contributed by atoms with van der Waals surface area (Å²) >= 11 is 0. The first kappa shape index (κ1) is 18.0. The minimum atomic E-state index is -0.267. The zero-order chi connectivity index (χ0) is 18.5. The van der Waals surface area contributed by atoms with Gasteiger partial charge in [0.1, 0.15) is 17.1 Å². The SMILES string of the molecule is CCOc1ccc(NC(=O)c2c(OC)cc(=O)n3c2CCCCC3)cc1. The van der Waals surface area contributed by atoms with Crippen LogP contribution in [0, 0.1) is 0 Å². The Hall–Kier alpha value is -2.76. The Bertz CT molecular complexity index is 840. The van der Waals surface area contributed by atoms with Gasteiger partial charge in [-0.3, -0.25) is 9.59 Å². The van der Waals surface area contributed by atoms with Crippen LogP contribution in [0.3, 0.4) is 0 Å². The van der Waals surface area contributed by atoms with Crippen molar-refractivity contribution in [1.82, 2.24) is 4.57 Å². The van der Waals surface area contributed by atoms with E-state index in [-0.39, 0.29) is 11.5 Å². The van der Waals surface area contributed by atoms with Crippen LogP contribution in [-0.2, 0) is 13.0 Å². The van der Waals surface area contributed by atoms with Gasteiger partial charge in [-0.2, -0.15) is 0 Å². The number of hydrogen-bond donors (Lipinski definition) is 1. The Morgan fingerprint density at radius 3 is 2.65 bits per heavy atom. The Kier molecular flexibility index (Phi) is 5.61. The van der Waals surface area contributed by atoms with Crippen LogP contribution in [0.15, 0.2) is 35.1 Å². The molecule has 0 unspecified atom stereocenters. The van der Waals surface area contributed by atoms with Gasteiger partial charge in [0, 0.05) is 24.0 Å². The van der Waals surface area contributed by atoms with Gasteiger partial charge in [-0.1, -0.05) is 6.42 Å². The number of benzene rings is 1. The molecule has 2 aromatic rings. The lowest BCUT2D eigenvalue weighted by molar-refractivity contribution is 0.102. The minimum Gasteiger partial charge on any atom is -0.496 e. The molecule has 0 saturated carbocycles. The smallest absolute Gasteiger partial charge is 0.261 e. The number of aromatic nitrogens is 1. The molecule has 1 amide bonds. The molecule has 6 nitrogen and oxygen atoms in total. The molecule has 0 fully saturated rings. The van der Waals surface area contributed by atoms with Crippen molar-refractivity contribution >= 4 is 11.6 Å². The molecule has 0 radical (unpaired) electrons. The second kappa shape index (κ2) is 8.08. The van der Waals surface area contributed by atoms with Crippen LogP contribution in [-0.4, -0.2) is 24.2 Å². The largest absolute Gasteiger partial charge is 0.496 e. The van der Waals surface area contributed by atoms with Crippen molar-refractivity contribution < 1.29 is 14.3 Å². The summed E-state index contributed by atoms with van der Waals surface area (Å²) in [7, 11) is 1.48. The Labute approximate surface area is 152 Å². The summed E-state index contributed by atoms with van der Waals surface area (Å²) in [6.07, 6.45) is 3.64. The molecule has 138 valence electrons. The van der Waals surface area contributed by atoms with Crippen LogP contribution >= 0.6 is 0 Å². The monoisotopic (exact) mass is 356 g/mol. The van der Waals surface area contributed by atoms with Crippen molar-refractivity contribution in [3.05, 3.63) is 51.9 Å². The van der Waals surface area contributed by atoms with Crippen molar-refractivity contribution in [3.63, 3.8) is 0 Å². The number of carbonyl (C=O) groups excluding carboxylic acids is 1. The minimum absolute atomic E-state index is 0.114. The molecule has 0 atom stereocenters. The number of nitrogens with zero attached hydrogens (tertiary/aromatic N) is 1. The molecular formula is C20H24N2O4. The van der Waals surface area contributed by atoms with E-state index < -0.39 is 0 Å². The zero-order valence-corrected chi connectivity index (χ0v) is 15.2. The third-order valence-corrected chi connectivity index (χ3v) is 4.55. The van der Waals surface area contributed by atoms with E-state index >= 15 is 0 Å². The van der Waals surface area contributed by atoms with Gasteiger partial charge >= 0.3 is 0 Å². The van der Waals surface area contributed by atoms with Gasteiger partial charge in [0.15, 0.2) is 0 Å². The summed E-state index contributed by atoms with van der Waals surface area (Å²) in [6, 6.07) is 8.62. The molecule has 1 aliphatic rings. The average molecular weight is 356 g/mol. The number of carbonyl (C=O) groups is 1. The van der Waals surface area contributed by atoms with Gasteiger partial charge in [0.25, 0.3) is 11.5 Å². The fourth-order valence-electron chi connectivity index (χ4n) is 3.32. The van der Waals surface area contributed by atoms with E-state index in [0.717, 1.165) is 30.7 Å².